The van der Waals surface area contributed by atoms with Gasteiger partial charge in [0.2, 0.25) is 5.88 Å². The Morgan fingerprint density at radius 3 is 2.63 bits per heavy atom. The predicted octanol–water partition coefficient (Wildman–Crippen LogP) is 1.89. The lowest BCUT2D eigenvalue weighted by Crippen LogP contribution is -2.20. The van der Waals surface area contributed by atoms with Crippen LogP contribution in [0.15, 0.2) is 28.8 Å². The normalized spacial score (nSPS) is 10.2. The number of aryl methyl sites for hydroxylation is 1. The lowest BCUT2D eigenvalue weighted by atomic mass is 10.3. The molecule has 0 bridgehead atoms. The first-order valence-corrected chi connectivity index (χ1v) is 5.77. The molecule has 0 atom stereocenters. The van der Waals surface area contributed by atoms with Crippen molar-refractivity contribution in [2.75, 3.05) is 17.7 Å². The standard InChI is InChI=1S/C13H15N3O3/c1-8-9(2)16-19-13(8)15-12(17)7-18-11-5-3-10(14)4-6-11/h3-6H,7,14H2,1-2H3,(H,15,17). The van der Waals surface area contributed by atoms with Gasteiger partial charge in [-0.2, -0.15) is 0 Å². The van der Waals surface area contributed by atoms with Crippen molar-refractivity contribution in [2.24, 2.45) is 0 Å². The van der Waals surface area contributed by atoms with Crippen LogP contribution in [-0.2, 0) is 4.79 Å². The van der Waals surface area contributed by atoms with Gasteiger partial charge in [0.15, 0.2) is 6.61 Å². The minimum atomic E-state index is -0.309. The molecule has 0 unspecified atom stereocenters. The second-order valence-corrected chi connectivity index (χ2v) is 4.13. The molecular weight excluding hydrogens is 246 g/mol. The molecule has 100 valence electrons. The van der Waals surface area contributed by atoms with Crippen molar-refractivity contribution in [2.45, 2.75) is 13.8 Å². The number of anilines is 2. The monoisotopic (exact) mass is 261 g/mol. The Labute approximate surface area is 110 Å². The molecule has 6 nitrogen and oxygen atoms in total. The van der Waals surface area contributed by atoms with Crippen LogP contribution in [0.3, 0.4) is 0 Å². The first kappa shape index (κ1) is 12.9. The van der Waals surface area contributed by atoms with E-state index in [1.165, 1.54) is 0 Å². The maximum Gasteiger partial charge on any atom is 0.264 e. The lowest BCUT2D eigenvalue weighted by molar-refractivity contribution is -0.118. The Bertz CT molecular complexity index is 575. The van der Waals surface area contributed by atoms with Crippen LogP contribution in [0.4, 0.5) is 11.6 Å². The second kappa shape index (κ2) is 5.43. The van der Waals surface area contributed by atoms with Gasteiger partial charge in [-0.25, -0.2) is 0 Å². The number of rotatable bonds is 4. The molecule has 19 heavy (non-hydrogen) atoms. The van der Waals surface area contributed by atoms with Gasteiger partial charge in [0.25, 0.3) is 5.91 Å². The van der Waals surface area contributed by atoms with Crippen molar-refractivity contribution >= 4 is 17.5 Å². The number of hydrogen-bond donors (Lipinski definition) is 2. The topological polar surface area (TPSA) is 90.4 Å². The third-order valence-corrected chi connectivity index (χ3v) is 2.66. The van der Waals surface area contributed by atoms with Crippen LogP contribution in [0, 0.1) is 13.8 Å². The summed E-state index contributed by atoms with van der Waals surface area (Å²) in [5.41, 5.74) is 7.74. The second-order valence-electron chi connectivity index (χ2n) is 4.13. The summed E-state index contributed by atoms with van der Waals surface area (Å²) in [5, 5.41) is 6.35. The van der Waals surface area contributed by atoms with E-state index in [0.29, 0.717) is 17.3 Å². The third kappa shape index (κ3) is 3.25. The Balaban J connectivity index is 1.88. The van der Waals surface area contributed by atoms with Crippen LogP contribution in [0.25, 0.3) is 0 Å². The summed E-state index contributed by atoms with van der Waals surface area (Å²) in [7, 11) is 0. The minimum Gasteiger partial charge on any atom is -0.484 e. The molecule has 3 N–H and O–H groups in total. The van der Waals surface area contributed by atoms with Crippen LogP contribution in [0.5, 0.6) is 5.75 Å². The molecule has 0 aliphatic heterocycles. The largest absolute Gasteiger partial charge is 0.484 e. The molecule has 6 heteroatoms. The first-order valence-electron chi connectivity index (χ1n) is 5.77. The van der Waals surface area contributed by atoms with Gasteiger partial charge in [-0.1, -0.05) is 5.16 Å². The Morgan fingerprint density at radius 1 is 1.37 bits per heavy atom. The summed E-state index contributed by atoms with van der Waals surface area (Å²) in [4.78, 5) is 11.7. The van der Waals surface area contributed by atoms with E-state index in [4.69, 9.17) is 15.0 Å². The number of benzene rings is 1. The fraction of sp³-hybridized carbons (Fsp3) is 0.231. The summed E-state index contributed by atoms with van der Waals surface area (Å²) >= 11 is 0. The van der Waals surface area contributed by atoms with E-state index < -0.39 is 0 Å². The van der Waals surface area contributed by atoms with Crippen LogP contribution >= 0.6 is 0 Å². The van der Waals surface area contributed by atoms with Gasteiger partial charge in [-0.15, -0.1) is 0 Å². The maximum atomic E-state index is 11.7. The summed E-state index contributed by atoms with van der Waals surface area (Å²) < 4.78 is 10.3. The molecule has 0 aliphatic carbocycles. The van der Waals surface area contributed by atoms with Gasteiger partial charge >= 0.3 is 0 Å². The molecule has 0 aliphatic rings. The summed E-state index contributed by atoms with van der Waals surface area (Å²) in [6.07, 6.45) is 0. The highest BCUT2D eigenvalue weighted by Gasteiger charge is 2.12. The zero-order valence-corrected chi connectivity index (χ0v) is 10.8. The molecule has 2 aromatic rings. The lowest BCUT2D eigenvalue weighted by Gasteiger charge is -2.06. The number of carbonyl (C=O) groups excluding carboxylic acids is 1. The van der Waals surface area contributed by atoms with Crippen molar-refractivity contribution in [1.82, 2.24) is 5.16 Å². The number of nitrogens with zero attached hydrogens (tertiary/aromatic N) is 1. The van der Waals surface area contributed by atoms with E-state index in [-0.39, 0.29) is 12.5 Å². The number of nitrogen functional groups attached to an aromatic ring is 1. The number of aromatic nitrogens is 1. The highest BCUT2D eigenvalue weighted by atomic mass is 16.5. The van der Waals surface area contributed by atoms with E-state index in [1.807, 2.05) is 6.92 Å². The summed E-state index contributed by atoms with van der Waals surface area (Å²) in [6.45, 7) is 3.52. The van der Waals surface area contributed by atoms with E-state index in [0.717, 1.165) is 11.3 Å². The van der Waals surface area contributed by atoms with E-state index >= 15 is 0 Å². The zero-order chi connectivity index (χ0) is 13.8. The van der Waals surface area contributed by atoms with E-state index in [1.54, 1.807) is 31.2 Å². The van der Waals surface area contributed by atoms with Crippen molar-refractivity contribution in [1.29, 1.82) is 0 Å². The van der Waals surface area contributed by atoms with Gasteiger partial charge in [0, 0.05) is 11.3 Å². The number of amides is 1. The van der Waals surface area contributed by atoms with E-state index in [9.17, 15) is 4.79 Å². The van der Waals surface area contributed by atoms with Crippen molar-refractivity contribution in [3.05, 3.63) is 35.5 Å². The molecule has 0 saturated heterocycles. The van der Waals surface area contributed by atoms with Gasteiger partial charge in [-0.3, -0.25) is 10.1 Å². The van der Waals surface area contributed by atoms with Crippen LogP contribution in [0.1, 0.15) is 11.3 Å². The summed E-state index contributed by atoms with van der Waals surface area (Å²) in [5.74, 6) is 0.620. The molecule has 1 amide bonds. The highest BCUT2D eigenvalue weighted by Crippen LogP contribution is 2.17. The average molecular weight is 261 g/mol. The van der Waals surface area contributed by atoms with Crippen LogP contribution < -0.4 is 15.8 Å². The predicted molar refractivity (Wildman–Crippen MR) is 71.0 cm³/mol. The quantitative estimate of drug-likeness (QED) is 0.820. The fourth-order valence-electron chi connectivity index (χ4n) is 1.41. The molecule has 1 heterocycles. The summed E-state index contributed by atoms with van der Waals surface area (Å²) in [6, 6.07) is 6.81. The smallest absolute Gasteiger partial charge is 0.264 e. The maximum absolute atomic E-state index is 11.7. The number of hydrogen-bond acceptors (Lipinski definition) is 5. The molecule has 1 aromatic carbocycles. The Kier molecular flexibility index (Phi) is 3.70. The molecule has 0 fully saturated rings. The highest BCUT2D eigenvalue weighted by molar-refractivity contribution is 5.91. The van der Waals surface area contributed by atoms with Gasteiger partial charge in [-0.05, 0) is 38.1 Å². The van der Waals surface area contributed by atoms with Crippen LogP contribution in [-0.4, -0.2) is 17.7 Å². The third-order valence-electron chi connectivity index (χ3n) is 2.66. The minimum absolute atomic E-state index is 0.108. The Hall–Kier alpha value is -2.50. The van der Waals surface area contributed by atoms with Gasteiger partial charge in [0.1, 0.15) is 5.75 Å². The molecule has 0 saturated carbocycles. The first-order chi connectivity index (χ1) is 9.06. The van der Waals surface area contributed by atoms with Crippen LogP contribution in [0.2, 0.25) is 0 Å². The SMILES string of the molecule is Cc1noc(NC(=O)COc2ccc(N)cc2)c1C. The van der Waals surface area contributed by atoms with E-state index in [2.05, 4.69) is 10.5 Å². The fourth-order valence-corrected chi connectivity index (χ4v) is 1.41. The number of ether oxygens (including phenoxy) is 1. The molecular formula is C13H15N3O3. The molecule has 1 aromatic heterocycles. The zero-order valence-electron chi connectivity index (χ0n) is 10.8. The average Bonchev–Trinajstić information content (AvgIpc) is 2.70. The van der Waals surface area contributed by atoms with Gasteiger partial charge < -0.3 is 15.0 Å². The number of nitrogens with one attached hydrogen (secondary N) is 1. The van der Waals surface area contributed by atoms with Crippen molar-refractivity contribution in [3.63, 3.8) is 0 Å². The molecule has 0 radical (unpaired) electrons. The van der Waals surface area contributed by atoms with Crippen molar-refractivity contribution in [3.8, 4) is 5.75 Å². The number of nitrogens with two attached hydrogens (primary N) is 1. The molecule has 0 spiro atoms. The van der Waals surface area contributed by atoms with Crippen molar-refractivity contribution < 1.29 is 14.1 Å². The van der Waals surface area contributed by atoms with Gasteiger partial charge in [0.05, 0.1) is 5.69 Å². The Morgan fingerprint density at radius 2 is 2.05 bits per heavy atom. The number of carbonyl (C=O) groups is 1. The molecule has 2 rings (SSSR count).